The monoisotopic (exact) mass is 1310 g/mol. The van der Waals surface area contributed by atoms with Gasteiger partial charge in [0.05, 0.1) is 29.7 Å². The van der Waals surface area contributed by atoms with Gasteiger partial charge < -0.3 is 33.9 Å². The lowest BCUT2D eigenvalue weighted by molar-refractivity contribution is -0.138. The van der Waals surface area contributed by atoms with E-state index in [-0.39, 0.29) is 105 Å². The number of benzene rings is 6. The second-order valence-corrected chi connectivity index (χ2v) is 22.3. The van der Waals surface area contributed by atoms with Crippen LogP contribution in [0.25, 0.3) is 44.1 Å². The Hall–Kier alpha value is -9.67. The van der Waals surface area contributed by atoms with Gasteiger partial charge in [0.25, 0.3) is 0 Å². The standard InChI is InChI=1S/C34H27ClF2N4O4.C18H16ClF2NO.C16H13N3O4.ClH/c1-20(42)27-18-40(29-16-23(10-11-25(27)29)45-34-38-12-5-13-39-34)19-32(44)41-17-22(36)15-30(41)31(43)14-21-6-4-8-26(33(21)37)24-7-2-3-9-28(24)35;19-15-7-2-1-5-13(15)14-6-3-4-11(18(14)21)8-17(23)16-9-12(20)10-22-16;1-10(20)13-8-19(9-15(21)22)14-7-11(3-4-12(13)14)23-16-17-5-2-6-18-16;/h2-13,16,18,22,30H,14-15,17,19H2,1H3;1-7,12,16,22H,8-10H2;2-8H,9H2,1H3,(H,21,22);1H/t22-,30+;12-,16+;;/m11../s1. The highest BCUT2D eigenvalue weighted by atomic mass is 35.5. The second-order valence-electron chi connectivity index (χ2n) is 21.5. The minimum atomic E-state index is -1.41. The summed E-state index contributed by atoms with van der Waals surface area (Å²) in [5.41, 5.74) is 4.12. The predicted octanol–water partition coefficient (Wildman–Crippen LogP) is 13.5. The summed E-state index contributed by atoms with van der Waals surface area (Å²) in [5, 5.41) is 14.0. The van der Waals surface area contributed by atoms with Crippen LogP contribution in [0.2, 0.25) is 10.0 Å². The van der Waals surface area contributed by atoms with Crippen molar-refractivity contribution in [3.8, 4) is 45.8 Å². The lowest BCUT2D eigenvalue weighted by Gasteiger charge is -2.24. The van der Waals surface area contributed by atoms with Crippen LogP contribution in [0.4, 0.5) is 17.6 Å². The average molecular weight is 1310 g/mol. The van der Waals surface area contributed by atoms with Crippen LogP contribution in [0, 0.1) is 11.6 Å². The fraction of sp³-hybridized carbons (Fsp3) is 0.206. The number of fused-ring (bicyclic) bond motifs is 2. The molecule has 0 saturated carbocycles. The number of carboxylic acids is 1. The number of rotatable bonds is 18. The summed E-state index contributed by atoms with van der Waals surface area (Å²) in [6, 6.07) is 35.6. The van der Waals surface area contributed by atoms with Crippen LogP contribution in [0.3, 0.4) is 0 Å². The number of hydrogen-bond acceptors (Lipinski definition) is 13. The molecule has 0 bridgehead atoms. The van der Waals surface area contributed by atoms with Gasteiger partial charge in [-0.15, -0.1) is 12.4 Å². The van der Waals surface area contributed by atoms with Gasteiger partial charge in [-0.1, -0.05) is 96.0 Å². The molecule has 472 valence electrons. The molecule has 0 spiro atoms. The van der Waals surface area contributed by atoms with E-state index < -0.39 is 53.7 Å². The molecule has 4 atom stereocenters. The van der Waals surface area contributed by atoms with E-state index in [1.807, 2.05) is 0 Å². The number of halogens is 7. The van der Waals surface area contributed by atoms with Crippen molar-refractivity contribution in [1.82, 2.24) is 39.3 Å². The molecule has 2 aliphatic heterocycles. The number of ketones is 4. The van der Waals surface area contributed by atoms with Crippen LogP contribution in [0.1, 0.15) is 58.5 Å². The molecule has 4 aromatic heterocycles. The van der Waals surface area contributed by atoms with Crippen LogP contribution in [-0.4, -0.2) is 112 Å². The number of amides is 1. The van der Waals surface area contributed by atoms with Crippen molar-refractivity contribution in [3.63, 3.8) is 0 Å². The number of aromatic nitrogens is 6. The number of carbonyl (C=O) groups is 6. The smallest absolute Gasteiger partial charge is 0.323 e. The maximum Gasteiger partial charge on any atom is 0.323 e. The quantitative estimate of drug-likeness (QED) is 0.0603. The van der Waals surface area contributed by atoms with Crippen molar-refractivity contribution < 1.29 is 60.9 Å². The lowest BCUT2D eigenvalue weighted by Crippen LogP contribution is -2.42. The van der Waals surface area contributed by atoms with Crippen molar-refractivity contribution in [2.45, 2.75) is 77.0 Å². The molecular weight excluding hydrogens is 1260 g/mol. The highest BCUT2D eigenvalue weighted by Gasteiger charge is 2.40. The minimum Gasteiger partial charge on any atom is -0.480 e. The van der Waals surface area contributed by atoms with Gasteiger partial charge in [-0.3, -0.25) is 28.8 Å². The van der Waals surface area contributed by atoms with E-state index in [4.69, 9.17) is 37.8 Å². The number of alkyl halides is 2. The Labute approximate surface area is 540 Å². The van der Waals surface area contributed by atoms with Gasteiger partial charge in [0, 0.05) is 136 Å². The molecule has 12 rings (SSSR count). The van der Waals surface area contributed by atoms with Crippen LogP contribution in [-0.2, 0) is 45.1 Å². The first-order valence-corrected chi connectivity index (χ1v) is 29.4. The summed E-state index contributed by atoms with van der Waals surface area (Å²) in [6.07, 6.45) is 6.45. The fourth-order valence-corrected chi connectivity index (χ4v) is 11.4. The maximum atomic E-state index is 15.6. The molecule has 1 amide bonds. The van der Waals surface area contributed by atoms with E-state index in [2.05, 4.69) is 25.3 Å². The number of ether oxygens (including phenoxy) is 2. The normalized spacial score (nSPS) is 15.8. The molecule has 0 aliphatic carbocycles. The van der Waals surface area contributed by atoms with Crippen molar-refractivity contribution in [1.29, 1.82) is 0 Å². The van der Waals surface area contributed by atoms with Crippen LogP contribution >= 0.6 is 35.6 Å². The van der Waals surface area contributed by atoms with Crippen molar-refractivity contribution in [3.05, 3.63) is 215 Å². The molecule has 2 N–H and O–H groups in total. The Morgan fingerprint density at radius 2 is 1.03 bits per heavy atom. The predicted molar refractivity (Wildman–Crippen MR) is 340 cm³/mol. The number of carboxylic acid groups (broad SMARTS) is 1. The summed E-state index contributed by atoms with van der Waals surface area (Å²) < 4.78 is 72.6. The zero-order chi connectivity index (χ0) is 64.5. The van der Waals surface area contributed by atoms with Crippen molar-refractivity contribution >= 4 is 92.4 Å². The SMILES string of the molecule is CC(=O)c1cn(CC(=O)N2C[C@H](F)C[C@H]2C(=O)Cc2cccc(-c3ccccc3Cl)c2F)c2cc(Oc3ncccn3)ccc12.CC(=O)c1cn(CC(=O)O)c2cc(Oc3ncccn3)ccc12.Cl.O=C(Cc1cccc(-c2ccccc2Cl)c1F)[C@@H]1C[C@@H](F)CN1. The molecule has 2 fully saturated rings. The first-order chi connectivity index (χ1) is 43.8. The number of Topliss-reactive ketones (excluding diaryl/α,β-unsaturated/α-hetero) is 4. The molecule has 6 heterocycles. The van der Waals surface area contributed by atoms with Gasteiger partial charge >= 0.3 is 18.0 Å². The van der Waals surface area contributed by atoms with Gasteiger partial charge in [-0.2, -0.15) is 0 Å². The first-order valence-electron chi connectivity index (χ1n) is 28.6. The fourth-order valence-electron chi connectivity index (χ4n) is 10.9. The number of nitrogens with one attached hydrogen (secondary N) is 1. The summed E-state index contributed by atoms with van der Waals surface area (Å²) in [4.78, 5) is 91.7. The number of likely N-dealkylation sites (tertiary alicyclic amines) is 1. The highest BCUT2D eigenvalue weighted by molar-refractivity contribution is 6.33. The molecule has 0 unspecified atom stereocenters. The zero-order valence-corrected chi connectivity index (χ0v) is 51.5. The Balaban J connectivity index is 0.000000179. The van der Waals surface area contributed by atoms with Crippen molar-refractivity contribution in [2.24, 2.45) is 0 Å². The summed E-state index contributed by atoms with van der Waals surface area (Å²) in [7, 11) is 0. The van der Waals surface area contributed by atoms with Gasteiger partial charge in [-0.05, 0) is 73.5 Å². The number of nitrogens with zero attached hydrogens (tertiary/aromatic N) is 7. The summed E-state index contributed by atoms with van der Waals surface area (Å²) in [6.45, 7) is 2.28. The van der Waals surface area contributed by atoms with Gasteiger partial charge in [0.1, 0.15) is 48.6 Å². The minimum absolute atomic E-state index is 0. The molecule has 2 saturated heterocycles. The number of aliphatic carboxylic acids is 1. The summed E-state index contributed by atoms with van der Waals surface area (Å²) >= 11 is 12.4. The van der Waals surface area contributed by atoms with E-state index in [9.17, 15) is 41.9 Å². The van der Waals surface area contributed by atoms with Crippen LogP contribution < -0.4 is 14.8 Å². The van der Waals surface area contributed by atoms with E-state index in [0.717, 1.165) is 0 Å². The van der Waals surface area contributed by atoms with E-state index in [1.54, 1.807) is 157 Å². The molecule has 2 aliphatic rings. The van der Waals surface area contributed by atoms with Gasteiger partial charge in [-0.25, -0.2) is 37.5 Å². The largest absolute Gasteiger partial charge is 0.480 e. The maximum absolute atomic E-state index is 15.6. The first kappa shape index (κ1) is 66.7. The number of carbonyl (C=O) groups excluding carboxylic acids is 5. The Morgan fingerprint density at radius 1 is 0.576 bits per heavy atom. The Bertz CT molecular complexity index is 4390. The Morgan fingerprint density at radius 3 is 1.48 bits per heavy atom. The van der Waals surface area contributed by atoms with E-state index in [0.29, 0.717) is 76.7 Å². The third-order valence-electron chi connectivity index (χ3n) is 15.2. The molecule has 92 heavy (non-hydrogen) atoms. The average Bonchev–Trinajstić information content (AvgIpc) is 1.72. The molecule has 10 aromatic rings. The Kier molecular flexibility index (Phi) is 21.7. The molecule has 17 nitrogen and oxygen atoms in total. The van der Waals surface area contributed by atoms with E-state index in [1.165, 1.54) is 41.8 Å². The topological polar surface area (TPSA) is 218 Å². The van der Waals surface area contributed by atoms with Crippen LogP contribution in [0.15, 0.2) is 171 Å². The van der Waals surface area contributed by atoms with E-state index >= 15 is 4.39 Å². The zero-order valence-electron chi connectivity index (χ0n) is 49.2. The molecule has 6 aromatic carbocycles. The third-order valence-corrected chi connectivity index (χ3v) is 15.9. The van der Waals surface area contributed by atoms with Crippen LogP contribution in [0.5, 0.6) is 23.5 Å². The second kappa shape index (κ2) is 30.0. The van der Waals surface area contributed by atoms with Gasteiger partial charge in [0.2, 0.25) is 5.91 Å². The molecule has 0 radical (unpaired) electrons. The lowest BCUT2D eigenvalue weighted by atomic mass is 9.97. The molecular formula is C68H57Cl3F4N8O9. The van der Waals surface area contributed by atoms with Crippen molar-refractivity contribution in [2.75, 3.05) is 13.1 Å². The van der Waals surface area contributed by atoms with Gasteiger partial charge in [0.15, 0.2) is 23.1 Å². The highest BCUT2D eigenvalue weighted by Crippen LogP contribution is 2.35. The third kappa shape index (κ3) is 15.7. The molecule has 24 heteroatoms. The number of hydrogen-bond donors (Lipinski definition) is 2. The summed E-state index contributed by atoms with van der Waals surface area (Å²) in [5.74, 6) is -2.70.